The van der Waals surface area contributed by atoms with Gasteiger partial charge in [0, 0.05) is 36.2 Å². The zero-order valence-corrected chi connectivity index (χ0v) is 19.4. The maximum Gasteiger partial charge on any atom is 0.305 e. The van der Waals surface area contributed by atoms with E-state index in [1.54, 1.807) is 0 Å². The summed E-state index contributed by atoms with van der Waals surface area (Å²) in [6.07, 6.45) is 2.83. The fraction of sp³-hybridized carbons (Fsp3) is 0.320. The number of methoxy groups -OCH3 is 1. The van der Waals surface area contributed by atoms with Crippen LogP contribution in [0, 0.1) is 13.8 Å². The van der Waals surface area contributed by atoms with Gasteiger partial charge < -0.3 is 19.5 Å². The van der Waals surface area contributed by atoms with Crippen LogP contribution >= 0.6 is 12.2 Å². The first-order valence-electron chi connectivity index (χ1n) is 10.8. The highest BCUT2D eigenvalue weighted by atomic mass is 32.1. The Morgan fingerprint density at radius 1 is 1.16 bits per heavy atom. The van der Waals surface area contributed by atoms with Crippen molar-refractivity contribution in [3.05, 3.63) is 83.4 Å². The molecule has 1 fully saturated rings. The number of nitrogens with one attached hydrogen (secondary N) is 1. The molecule has 166 valence electrons. The van der Waals surface area contributed by atoms with Crippen molar-refractivity contribution in [1.82, 2.24) is 19.8 Å². The molecule has 0 spiro atoms. The Kier molecular flexibility index (Phi) is 6.55. The molecule has 3 aromatic rings. The molecular formula is C25H28N4O2S. The van der Waals surface area contributed by atoms with E-state index >= 15 is 0 Å². The van der Waals surface area contributed by atoms with E-state index in [2.05, 4.69) is 63.9 Å². The van der Waals surface area contributed by atoms with Crippen molar-refractivity contribution in [3.8, 4) is 5.69 Å². The molecule has 1 aliphatic rings. The van der Waals surface area contributed by atoms with Crippen LogP contribution in [0.15, 0.2) is 60.8 Å². The van der Waals surface area contributed by atoms with Crippen molar-refractivity contribution in [1.29, 1.82) is 0 Å². The SMILES string of the molecule is COC(=O)CCCN1C(=S)N[C@H](c2ccccn2)[C@H]1c1cc(C)n(-c2ccccc2)c1C. The number of rotatable bonds is 7. The predicted octanol–water partition coefficient (Wildman–Crippen LogP) is 4.41. The van der Waals surface area contributed by atoms with E-state index < -0.39 is 0 Å². The number of pyridine rings is 1. The van der Waals surface area contributed by atoms with Gasteiger partial charge in [-0.1, -0.05) is 24.3 Å². The molecule has 0 bridgehead atoms. The summed E-state index contributed by atoms with van der Waals surface area (Å²) in [5, 5.41) is 4.17. The third-order valence-corrected chi connectivity index (χ3v) is 6.36. The second-order valence-electron chi connectivity index (χ2n) is 8.00. The monoisotopic (exact) mass is 448 g/mol. The minimum Gasteiger partial charge on any atom is -0.469 e. The molecular weight excluding hydrogens is 420 g/mol. The number of thiocarbonyl (C=S) groups is 1. The maximum atomic E-state index is 11.7. The van der Waals surface area contributed by atoms with Crippen molar-refractivity contribution in [2.75, 3.05) is 13.7 Å². The van der Waals surface area contributed by atoms with Crippen LogP contribution in [0.25, 0.3) is 5.69 Å². The highest BCUT2D eigenvalue weighted by molar-refractivity contribution is 7.80. The van der Waals surface area contributed by atoms with Crippen molar-refractivity contribution < 1.29 is 9.53 Å². The number of aromatic nitrogens is 2. The number of nitrogens with zero attached hydrogens (tertiary/aromatic N) is 3. The topological polar surface area (TPSA) is 59.4 Å². The van der Waals surface area contributed by atoms with E-state index in [0.717, 1.165) is 17.1 Å². The first kappa shape index (κ1) is 22.0. The molecule has 2 atom stereocenters. The van der Waals surface area contributed by atoms with Gasteiger partial charge in [-0.05, 0) is 68.4 Å². The summed E-state index contributed by atoms with van der Waals surface area (Å²) < 4.78 is 7.09. The molecule has 1 saturated heterocycles. The van der Waals surface area contributed by atoms with Crippen molar-refractivity contribution in [2.24, 2.45) is 0 Å². The van der Waals surface area contributed by atoms with Gasteiger partial charge in [0.15, 0.2) is 5.11 Å². The van der Waals surface area contributed by atoms with Crippen LogP contribution in [0.2, 0.25) is 0 Å². The number of hydrogen-bond acceptors (Lipinski definition) is 4. The Labute approximate surface area is 194 Å². The van der Waals surface area contributed by atoms with Crippen LogP contribution in [-0.4, -0.2) is 39.2 Å². The summed E-state index contributed by atoms with van der Waals surface area (Å²) in [5.74, 6) is -0.205. The Morgan fingerprint density at radius 3 is 2.59 bits per heavy atom. The number of hydrogen-bond donors (Lipinski definition) is 1. The third kappa shape index (κ3) is 4.25. The molecule has 1 aromatic carbocycles. The van der Waals surface area contributed by atoms with E-state index in [4.69, 9.17) is 17.0 Å². The molecule has 0 saturated carbocycles. The van der Waals surface area contributed by atoms with Gasteiger partial charge in [0.05, 0.1) is 24.9 Å². The Morgan fingerprint density at radius 2 is 1.91 bits per heavy atom. The molecule has 32 heavy (non-hydrogen) atoms. The van der Waals surface area contributed by atoms with E-state index in [-0.39, 0.29) is 18.1 Å². The van der Waals surface area contributed by atoms with Crippen molar-refractivity contribution in [2.45, 2.75) is 38.8 Å². The fourth-order valence-electron chi connectivity index (χ4n) is 4.54. The Hall–Kier alpha value is -3.19. The molecule has 7 heteroatoms. The summed E-state index contributed by atoms with van der Waals surface area (Å²) in [4.78, 5) is 18.5. The highest BCUT2D eigenvalue weighted by Gasteiger charge is 2.41. The van der Waals surface area contributed by atoms with E-state index in [9.17, 15) is 4.79 Å². The number of esters is 1. The number of ether oxygens (including phenoxy) is 1. The van der Waals surface area contributed by atoms with E-state index in [0.29, 0.717) is 24.5 Å². The molecule has 6 nitrogen and oxygen atoms in total. The Bertz CT molecular complexity index is 1100. The van der Waals surface area contributed by atoms with E-state index in [1.165, 1.54) is 18.4 Å². The lowest BCUT2D eigenvalue weighted by atomic mass is 9.96. The normalized spacial score (nSPS) is 18.0. The fourth-order valence-corrected chi connectivity index (χ4v) is 4.87. The predicted molar refractivity (Wildman–Crippen MR) is 129 cm³/mol. The molecule has 1 N–H and O–H groups in total. The number of aryl methyl sites for hydroxylation is 1. The largest absolute Gasteiger partial charge is 0.469 e. The van der Waals surface area contributed by atoms with Crippen LogP contribution in [0.4, 0.5) is 0 Å². The molecule has 0 radical (unpaired) electrons. The zero-order chi connectivity index (χ0) is 22.7. The van der Waals surface area contributed by atoms with Gasteiger partial charge in [-0.3, -0.25) is 9.78 Å². The maximum absolute atomic E-state index is 11.7. The first-order valence-corrected chi connectivity index (χ1v) is 11.2. The van der Waals surface area contributed by atoms with Crippen LogP contribution in [0.1, 0.15) is 47.6 Å². The van der Waals surface area contributed by atoms with Gasteiger partial charge in [0.2, 0.25) is 0 Å². The average molecular weight is 449 g/mol. The number of benzene rings is 1. The van der Waals surface area contributed by atoms with Crippen molar-refractivity contribution >= 4 is 23.3 Å². The van der Waals surface area contributed by atoms with Gasteiger partial charge in [-0.2, -0.15) is 0 Å². The van der Waals surface area contributed by atoms with Gasteiger partial charge >= 0.3 is 5.97 Å². The average Bonchev–Trinajstić information content (AvgIpc) is 3.29. The minimum atomic E-state index is -0.205. The molecule has 1 aliphatic heterocycles. The van der Waals surface area contributed by atoms with Crippen molar-refractivity contribution in [3.63, 3.8) is 0 Å². The number of para-hydroxylation sites is 1. The minimum absolute atomic E-state index is 0.0290. The molecule has 0 aliphatic carbocycles. The highest BCUT2D eigenvalue weighted by Crippen LogP contribution is 2.41. The Balaban J connectivity index is 1.74. The standard InChI is InChI=1S/C25H28N4O2S/c1-17-16-20(18(2)29(17)19-10-5-4-6-11-19)24-23(21-12-7-8-14-26-21)27-25(32)28(24)15-9-13-22(30)31-3/h4-8,10-12,14,16,23-24H,9,13,15H2,1-3H3,(H,27,32)/t23-,24-/m1/s1. The quantitative estimate of drug-likeness (QED) is 0.427. The molecule has 3 heterocycles. The van der Waals surface area contributed by atoms with Crippen LogP contribution < -0.4 is 5.32 Å². The second kappa shape index (κ2) is 9.53. The van der Waals surface area contributed by atoms with E-state index in [1.807, 2.05) is 30.5 Å². The van der Waals surface area contributed by atoms with Gasteiger partial charge in [0.25, 0.3) is 0 Å². The summed E-state index contributed by atoms with van der Waals surface area (Å²) in [6, 6.07) is 18.4. The molecule has 0 unspecified atom stereocenters. The lowest BCUT2D eigenvalue weighted by Crippen LogP contribution is -2.31. The van der Waals surface area contributed by atoms with Gasteiger partial charge in [-0.25, -0.2) is 0 Å². The van der Waals surface area contributed by atoms with Gasteiger partial charge in [0.1, 0.15) is 0 Å². The smallest absolute Gasteiger partial charge is 0.305 e. The summed E-state index contributed by atoms with van der Waals surface area (Å²) in [5.41, 5.74) is 5.61. The van der Waals surface area contributed by atoms with Gasteiger partial charge in [-0.15, -0.1) is 0 Å². The zero-order valence-electron chi connectivity index (χ0n) is 18.6. The molecule has 2 aromatic heterocycles. The number of carbonyl (C=O) groups is 1. The summed E-state index contributed by atoms with van der Waals surface area (Å²) >= 11 is 5.74. The van der Waals surface area contributed by atoms with Crippen LogP contribution in [-0.2, 0) is 9.53 Å². The third-order valence-electron chi connectivity index (χ3n) is 6.01. The number of carbonyl (C=O) groups excluding carboxylic acids is 1. The van der Waals surface area contributed by atoms with Crippen LogP contribution in [0.5, 0.6) is 0 Å². The lowest BCUT2D eigenvalue weighted by Gasteiger charge is -2.28. The summed E-state index contributed by atoms with van der Waals surface area (Å²) in [7, 11) is 1.42. The lowest BCUT2D eigenvalue weighted by molar-refractivity contribution is -0.140. The molecule has 4 rings (SSSR count). The molecule has 0 amide bonds. The second-order valence-corrected chi connectivity index (χ2v) is 8.38. The summed E-state index contributed by atoms with van der Waals surface area (Å²) in [6.45, 7) is 4.93. The van der Waals surface area contributed by atoms with Crippen LogP contribution in [0.3, 0.4) is 0 Å². The first-order chi connectivity index (χ1) is 15.5.